The summed E-state index contributed by atoms with van der Waals surface area (Å²) >= 11 is 1.69. The number of ether oxygens (including phenoxy) is 2. The number of hydrogen-bond acceptors (Lipinski definition) is 8. The van der Waals surface area contributed by atoms with Gasteiger partial charge in [-0.25, -0.2) is 19.6 Å². The zero-order chi connectivity index (χ0) is 32.7. The van der Waals surface area contributed by atoms with Crippen LogP contribution in [0.4, 0.5) is 22.8 Å². The SMILES string of the molecule is O=C(O)N1CCC(O)CC1.O=C(Oc1ccc(Oc2ccc(C(F)(F)F)cn2)cc1)N1CCC(Sc2nc3ccccc3[nH]2)CC1. The average molecular weight is 660 g/mol. The Kier molecular flexibility index (Phi) is 10.5. The lowest BCUT2D eigenvalue weighted by molar-refractivity contribution is -0.137. The molecule has 0 radical (unpaired) electrons. The molecule has 2 aliphatic heterocycles. The maximum Gasteiger partial charge on any atom is 0.417 e. The molecule has 11 nitrogen and oxygen atoms in total. The van der Waals surface area contributed by atoms with Gasteiger partial charge in [-0.1, -0.05) is 23.9 Å². The number of aliphatic hydroxyl groups is 1. The number of carboxylic acid groups (broad SMARTS) is 1. The Morgan fingerprint density at radius 3 is 2.15 bits per heavy atom. The van der Waals surface area contributed by atoms with Crippen molar-refractivity contribution in [1.29, 1.82) is 0 Å². The zero-order valence-electron chi connectivity index (χ0n) is 24.5. The number of pyridine rings is 1. The number of thioether (sulfide) groups is 1. The smallest absolute Gasteiger partial charge is 0.417 e. The molecule has 2 aromatic carbocycles. The van der Waals surface area contributed by atoms with E-state index in [1.165, 1.54) is 4.90 Å². The molecule has 2 aromatic heterocycles. The summed E-state index contributed by atoms with van der Waals surface area (Å²) in [7, 11) is 0. The Morgan fingerprint density at radius 1 is 0.891 bits per heavy atom. The normalized spacial score (nSPS) is 16.1. The third-order valence-electron chi connectivity index (χ3n) is 7.40. The van der Waals surface area contributed by atoms with Crippen molar-refractivity contribution in [2.75, 3.05) is 26.2 Å². The first-order chi connectivity index (χ1) is 22.0. The summed E-state index contributed by atoms with van der Waals surface area (Å²) in [6.07, 6.45) is -2.56. The summed E-state index contributed by atoms with van der Waals surface area (Å²) in [5.41, 5.74) is 1.09. The van der Waals surface area contributed by atoms with E-state index in [1.807, 2.05) is 24.3 Å². The number of amides is 2. The number of hydrogen-bond donors (Lipinski definition) is 3. The molecule has 2 saturated heterocycles. The highest BCUT2D eigenvalue weighted by molar-refractivity contribution is 7.99. The summed E-state index contributed by atoms with van der Waals surface area (Å²) in [5.74, 6) is 0.716. The van der Waals surface area contributed by atoms with Crippen LogP contribution in [0.3, 0.4) is 0 Å². The number of carbonyl (C=O) groups excluding carboxylic acids is 1. The predicted octanol–water partition coefficient (Wildman–Crippen LogP) is 6.65. The topological polar surface area (TPSA) is 141 Å². The largest absolute Gasteiger partial charge is 0.465 e. The van der Waals surface area contributed by atoms with E-state index in [1.54, 1.807) is 40.9 Å². The highest BCUT2D eigenvalue weighted by Crippen LogP contribution is 2.32. The van der Waals surface area contributed by atoms with Crippen LogP contribution < -0.4 is 9.47 Å². The highest BCUT2D eigenvalue weighted by atomic mass is 32.2. The highest BCUT2D eigenvalue weighted by Gasteiger charge is 2.31. The number of fused-ring (bicyclic) bond motifs is 1. The van der Waals surface area contributed by atoms with Crippen LogP contribution in [0.25, 0.3) is 11.0 Å². The number of para-hydroxylation sites is 2. The van der Waals surface area contributed by atoms with Gasteiger partial charge in [0.25, 0.3) is 0 Å². The Hall–Kier alpha value is -4.50. The first kappa shape index (κ1) is 32.9. The second kappa shape index (κ2) is 14.7. The van der Waals surface area contributed by atoms with Gasteiger partial charge in [0.15, 0.2) is 5.16 Å². The van der Waals surface area contributed by atoms with Gasteiger partial charge in [0, 0.05) is 43.7 Å². The first-order valence-electron chi connectivity index (χ1n) is 14.6. The van der Waals surface area contributed by atoms with Gasteiger partial charge in [-0.2, -0.15) is 13.2 Å². The van der Waals surface area contributed by atoms with Crippen LogP contribution in [0.1, 0.15) is 31.2 Å². The van der Waals surface area contributed by atoms with E-state index in [0.717, 1.165) is 41.2 Å². The van der Waals surface area contributed by atoms with Gasteiger partial charge in [-0.3, -0.25) is 0 Å². The number of rotatable bonds is 5. The molecule has 0 bridgehead atoms. The molecule has 2 fully saturated rings. The number of nitrogens with zero attached hydrogens (tertiary/aromatic N) is 4. The van der Waals surface area contributed by atoms with Crippen LogP contribution in [0.2, 0.25) is 0 Å². The van der Waals surface area contributed by atoms with Crippen molar-refractivity contribution in [2.45, 2.75) is 48.4 Å². The third kappa shape index (κ3) is 9.03. The lowest BCUT2D eigenvalue weighted by atomic mass is 10.1. The van der Waals surface area contributed by atoms with Crippen molar-refractivity contribution in [3.8, 4) is 17.4 Å². The monoisotopic (exact) mass is 659 g/mol. The van der Waals surface area contributed by atoms with E-state index in [9.17, 15) is 22.8 Å². The molecule has 0 saturated carbocycles. The molecule has 0 unspecified atom stereocenters. The Morgan fingerprint density at radius 2 is 1.54 bits per heavy atom. The van der Waals surface area contributed by atoms with E-state index in [-0.39, 0.29) is 12.0 Å². The third-order valence-corrected chi connectivity index (χ3v) is 8.62. The summed E-state index contributed by atoms with van der Waals surface area (Å²) < 4.78 is 48.9. The molecule has 2 aliphatic rings. The number of nitrogens with one attached hydrogen (secondary N) is 1. The fourth-order valence-corrected chi connectivity index (χ4v) is 5.91. The predicted molar refractivity (Wildman–Crippen MR) is 163 cm³/mol. The van der Waals surface area contributed by atoms with Gasteiger partial charge in [0.1, 0.15) is 11.5 Å². The van der Waals surface area contributed by atoms with E-state index < -0.39 is 23.9 Å². The number of likely N-dealkylation sites (tertiary alicyclic amines) is 2. The van der Waals surface area contributed by atoms with Crippen molar-refractivity contribution in [2.24, 2.45) is 0 Å². The minimum absolute atomic E-state index is 0.0242. The van der Waals surface area contributed by atoms with Gasteiger partial charge >= 0.3 is 18.4 Å². The molecular formula is C31H32F3N5O6S. The van der Waals surface area contributed by atoms with Crippen LogP contribution in [0.15, 0.2) is 72.0 Å². The van der Waals surface area contributed by atoms with Crippen LogP contribution >= 0.6 is 11.8 Å². The number of carbonyl (C=O) groups is 2. The van der Waals surface area contributed by atoms with Crippen LogP contribution in [-0.2, 0) is 6.18 Å². The summed E-state index contributed by atoms with van der Waals surface area (Å²) in [4.78, 5) is 37.5. The van der Waals surface area contributed by atoms with E-state index in [4.69, 9.17) is 19.7 Å². The summed E-state index contributed by atoms with van der Waals surface area (Å²) in [5, 5.41) is 18.7. The van der Waals surface area contributed by atoms with Gasteiger partial charge in [-0.05, 0) is 68.1 Å². The molecule has 0 spiro atoms. The lowest BCUT2D eigenvalue weighted by Gasteiger charge is -2.30. The molecular weight excluding hydrogens is 627 g/mol. The van der Waals surface area contributed by atoms with E-state index >= 15 is 0 Å². The molecule has 46 heavy (non-hydrogen) atoms. The second-order valence-electron chi connectivity index (χ2n) is 10.7. The number of imidazole rings is 1. The Bertz CT molecular complexity index is 1570. The fraction of sp³-hybridized carbons (Fsp3) is 0.355. The molecule has 0 atom stereocenters. The van der Waals surface area contributed by atoms with E-state index in [2.05, 4.69) is 15.0 Å². The van der Waals surface area contributed by atoms with Crippen molar-refractivity contribution in [1.82, 2.24) is 24.8 Å². The van der Waals surface area contributed by atoms with Crippen molar-refractivity contribution in [3.05, 3.63) is 72.4 Å². The number of aromatic amines is 1. The number of halogens is 3. The van der Waals surface area contributed by atoms with Crippen molar-refractivity contribution < 1.29 is 42.4 Å². The molecule has 4 heterocycles. The van der Waals surface area contributed by atoms with Gasteiger partial charge in [0.2, 0.25) is 5.88 Å². The maximum atomic E-state index is 12.6. The minimum atomic E-state index is -4.46. The minimum Gasteiger partial charge on any atom is -0.465 e. The zero-order valence-corrected chi connectivity index (χ0v) is 25.3. The first-order valence-corrected chi connectivity index (χ1v) is 15.5. The molecule has 0 aliphatic carbocycles. The number of H-pyrrole nitrogens is 1. The lowest BCUT2D eigenvalue weighted by Crippen LogP contribution is -2.40. The van der Waals surface area contributed by atoms with Crippen LogP contribution in [0.5, 0.6) is 17.4 Å². The number of alkyl halides is 3. The molecule has 6 rings (SSSR count). The quantitative estimate of drug-likeness (QED) is 0.215. The van der Waals surface area contributed by atoms with Crippen LogP contribution in [0, 0.1) is 0 Å². The average Bonchev–Trinajstić information content (AvgIpc) is 3.45. The van der Waals surface area contributed by atoms with E-state index in [0.29, 0.717) is 62.0 Å². The van der Waals surface area contributed by atoms with Crippen LogP contribution in [-0.4, -0.2) is 84.7 Å². The molecule has 3 N–H and O–H groups in total. The summed E-state index contributed by atoms with van der Waals surface area (Å²) in [6.45, 7) is 2.10. The number of aliphatic hydroxyl groups excluding tert-OH is 1. The van der Waals surface area contributed by atoms with Gasteiger partial charge in [-0.15, -0.1) is 0 Å². The van der Waals surface area contributed by atoms with Crippen molar-refractivity contribution >= 4 is 35.0 Å². The fourth-order valence-electron chi connectivity index (χ4n) is 4.83. The number of piperidine rings is 2. The number of aromatic nitrogens is 3. The molecule has 4 aromatic rings. The summed E-state index contributed by atoms with van der Waals surface area (Å²) in [6, 6.07) is 16.2. The number of benzene rings is 2. The standard InChI is InChI=1S/C25H21F3N4O3S.C6H11NO3/c26-25(27,28)16-5-10-22(29-15-16)34-17-6-8-18(9-7-17)35-24(33)32-13-11-19(12-14-32)36-23-30-20-3-1-2-4-21(20)31-23;8-5-1-3-7(4-2-5)6(9)10/h1-10,15,19H,11-14H2,(H,30,31);5,8H,1-4H2,(H,9,10). The molecule has 2 amide bonds. The van der Waals surface area contributed by atoms with Gasteiger partial charge in [0.05, 0.1) is 22.7 Å². The van der Waals surface area contributed by atoms with Gasteiger partial charge < -0.3 is 34.5 Å². The second-order valence-corrected chi connectivity index (χ2v) is 12.0. The molecule has 15 heteroatoms. The Labute approximate surface area is 266 Å². The molecule has 244 valence electrons. The maximum absolute atomic E-state index is 12.6. The Balaban J connectivity index is 0.000000356. The van der Waals surface area contributed by atoms with Crippen molar-refractivity contribution in [3.63, 3.8) is 0 Å².